The van der Waals surface area contributed by atoms with Gasteiger partial charge in [-0.2, -0.15) is 5.26 Å². The highest BCUT2D eigenvalue weighted by Gasteiger charge is 2.44. The van der Waals surface area contributed by atoms with Gasteiger partial charge in [-0.1, -0.05) is 25.5 Å². The molecule has 0 aromatic carbocycles. The van der Waals surface area contributed by atoms with Crippen molar-refractivity contribution < 1.29 is 14.6 Å². The van der Waals surface area contributed by atoms with E-state index in [1.165, 1.54) is 23.1 Å². The Balaban J connectivity index is 1.65. The summed E-state index contributed by atoms with van der Waals surface area (Å²) in [6.45, 7) is 5.75. The fourth-order valence-electron chi connectivity index (χ4n) is 5.48. The lowest BCUT2D eigenvalue weighted by molar-refractivity contribution is -0.164. The second-order valence-corrected chi connectivity index (χ2v) is 8.86. The number of nitrogens with zero attached hydrogens (tertiary/aromatic N) is 1. The van der Waals surface area contributed by atoms with E-state index in [4.69, 9.17) is 9.47 Å². The number of hydrogen-bond donors (Lipinski definition) is 1. The first-order chi connectivity index (χ1) is 12.5. The largest absolute Gasteiger partial charge is 0.375 e. The lowest BCUT2D eigenvalue weighted by atomic mass is 9.68. The lowest BCUT2D eigenvalue weighted by Gasteiger charge is -2.41. The van der Waals surface area contributed by atoms with Crippen molar-refractivity contribution in [1.29, 1.82) is 5.26 Å². The maximum atomic E-state index is 10.8. The molecule has 0 bridgehead atoms. The Morgan fingerprint density at radius 3 is 2.65 bits per heavy atom. The predicted octanol–water partition coefficient (Wildman–Crippen LogP) is 4.26. The van der Waals surface area contributed by atoms with Gasteiger partial charge in [0.25, 0.3) is 0 Å². The lowest BCUT2D eigenvalue weighted by Crippen LogP contribution is -2.36. The quantitative estimate of drug-likeness (QED) is 0.658. The molecule has 4 nitrogen and oxygen atoms in total. The summed E-state index contributed by atoms with van der Waals surface area (Å²) < 4.78 is 11.9. The summed E-state index contributed by atoms with van der Waals surface area (Å²) in [4.78, 5) is 0. The molecule has 26 heavy (non-hydrogen) atoms. The van der Waals surface area contributed by atoms with E-state index in [1.54, 1.807) is 0 Å². The minimum Gasteiger partial charge on any atom is -0.375 e. The van der Waals surface area contributed by atoms with E-state index in [9.17, 15) is 10.4 Å². The molecule has 0 saturated carbocycles. The van der Waals surface area contributed by atoms with Gasteiger partial charge in [-0.25, -0.2) is 0 Å². The number of hydrogen-bond acceptors (Lipinski definition) is 4. The Bertz CT molecular complexity index is 667. The standard InChI is InChI=1S/C22H31NO3/c1-15-7-9-21(24,14-23)16(2)3-5-20-18(15)6-4-17-13-22(10-8-19(17)20)25-11-12-26-22/h5,15-16,18,24H,3-4,6-13H2,1-2H3/b20-5+/t15?,16-,18?,21-/m0/s1. The van der Waals surface area contributed by atoms with Crippen LogP contribution in [-0.2, 0) is 9.47 Å². The number of nitriles is 1. The molecule has 4 rings (SSSR count). The van der Waals surface area contributed by atoms with Crippen LogP contribution in [0.25, 0.3) is 0 Å². The number of rotatable bonds is 0. The summed E-state index contributed by atoms with van der Waals surface area (Å²) >= 11 is 0. The second-order valence-electron chi connectivity index (χ2n) is 8.86. The monoisotopic (exact) mass is 357 g/mol. The van der Waals surface area contributed by atoms with Crippen LogP contribution >= 0.6 is 0 Å². The van der Waals surface area contributed by atoms with Crippen LogP contribution in [0.15, 0.2) is 22.8 Å². The highest BCUT2D eigenvalue weighted by atomic mass is 16.7. The van der Waals surface area contributed by atoms with Crippen LogP contribution in [0.1, 0.15) is 65.2 Å². The summed E-state index contributed by atoms with van der Waals surface area (Å²) in [5.41, 5.74) is 3.36. The number of ether oxygens (including phenoxy) is 2. The topological polar surface area (TPSA) is 62.5 Å². The van der Waals surface area contributed by atoms with Gasteiger partial charge in [0.05, 0.1) is 19.3 Å². The van der Waals surface area contributed by atoms with Crippen LogP contribution in [0, 0.1) is 29.1 Å². The zero-order valence-electron chi connectivity index (χ0n) is 16.1. The van der Waals surface area contributed by atoms with Crippen molar-refractivity contribution in [3.8, 4) is 6.07 Å². The van der Waals surface area contributed by atoms with Gasteiger partial charge in [-0.3, -0.25) is 0 Å². The van der Waals surface area contributed by atoms with Crippen molar-refractivity contribution in [2.75, 3.05) is 13.2 Å². The zero-order chi connectivity index (χ0) is 18.4. The van der Waals surface area contributed by atoms with Crippen molar-refractivity contribution in [2.24, 2.45) is 17.8 Å². The molecule has 1 saturated heterocycles. The van der Waals surface area contributed by atoms with Crippen LogP contribution < -0.4 is 0 Å². The van der Waals surface area contributed by atoms with E-state index in [0.29, 0.717) is 18.3 Å². The molecule has 0 amide bonds. The van der Waals surface area contributed by atoms with Gasteiger partial charge >= 0.3 is 0 Å². The first kappa shape index (κ1) is 18.2. The van der Waals surface area contributed by atoms with Crippen LogP contribution in [0.4, 0.5) is 0 Å². The van der Waals surface area contributed by atoms with Gasteiger partial charge in [0.1, 0.15) is 0 Å². The third kappa shape index (κ3) is 3.05. The maximum Gasteiger partial charge on any atom is 0.172 e. The van der Waals surface area contributed by atoms with E-state index in [1.807, 2.05) is 6.92 Å². The van der Waals surface area contributed by atoms with Crippen molar-refractivity contribution in [2.45, 2.75) is 76.6 Å². The van der Waals surface area contributed by atoms with E-state index < -0.39 is 5.60 Å². The molecule has 4 aliphatic rings. The van der Waals surface area contributed by atoms with Crippen molar-refractivity contribution in [3.05, 3.63) is 22.8 Å². The normalized spacial score (nSPS) is 41.9. The Morgan fingerprint density at radius 1 is 1.15 bits per heavy atom. The first-order valence-corrected chi connectivity index (χ1v) is 10.3. The molecule has 0 aromatic rings. The molecular weight excluding hydrogens is 326 g/mol. The average molecular weight is 357 g/mol. The minimum atomic E-state index is -1.20. The van der Waals surface area contributed by atoms with Gasteiger partial charge in [0, 0.05) is 18.8 Å². The average Bonchev–Trinajstić information content (AvgIpc) is 3.11. The fourth-order valence-corrected chi connectivity index (χ4v) is 5.48. The van der Waals surface area contributed by atoms with E-state index in [0.717, 1.165) is 51.7 Å². The van der Waals surface area contributed by atoms with Crippen molar-refractivity contribution in [1.82, 2.24) is 0 Å². The molecular formula is C22H31NO3. The fraction of sp³-hybridized carbons (Fsp3) is 0.773. The molecule has 1 fully saturated rings. The second kappa shape index (κ2) is 6.78. The van der Waals surface area contributed by atoms with Crippen molar-refractivity contribution >= 4 is 0 Å². The third-order valence-corrected chi connectivity index (χ3v) is 7.35. The Kier molecular flexibility index (Phi) is 4.75. The molecule has 1 heterocycles. The molecule has 4 atom stereocenters. The van der Waals surface area contributed by atoms with Crippen LogP contribution in [0.2, 0.25) is 0 Å². The van der Waals surface area contributed by atoms with E-state index in [-0.39, 0.29) is 11.7 Å². The van der Waals surface area contributed by atoms with Crippen molar-refractivity contribution in [3.63, 3.8) is 0 Å². The first-order valence-electron chi connectivity index (χ1n) is 10.3. The maximum absolute atomic E-state index is 10.8. The highest BCUT2D eigenvalue weighted by Crippen LogP contribution is 2.50. The van der Waals surface area contributed by atoms with Gasteiger partial charge in [-0.15, -0.1) is 0 Å². The highest BCUT2D eigenvalue weighted by molar-refractivity contribution is 5.43. The summed E-state index contributed by atoms with van der Waals surface area (Å²) in [7, 11) is 0. The SMILES string of the molecule is CC1CC[C@](O)(C#N)[C@@H](C)C/C=C2/C3=C(CCC21)CC1(CC3)OCCO1. The molecule has 142 valence electrons. The van der Waals surface area contributed by atoms with E-state index >= 15 is 0 Å². The third-order valence-electron chi connectivity index (χ3n) is 7.35. The molecule has 1 N–H and O–H groups in total. The number of allylic oxidation sites excluding steroid dienone is 3. The molecule has 2 unspecified atom stereocenters. The Labute approximate surface area is 156 Å². The number of fused-ring (bicyclic) bond motifs is 2. The smallest absolute Gasteiger partial charge is 0.172 e. The molecule has 1 aliphatic heterocycles. The van der Waals surface area contributed by atoms with Gasteiger partial charge in [-0.05, 0) is 61.5 Å². The van der Waals surface area contributed by atoms with Gasteiger partial charge in [0.15, 0.2) is 11.4 Å². The molecule has 3 aliphatic carbocycles. The summed E-state index contributed by atoms with van der Waals surface area (Å²) in [5, 5.41) is 20.3. The van der Waals surface area contributed by atoms with Crippen LogP contribution in [-0.4, -0.2) is 29.7 Å². The van der Waals surface area contributed by atoms with Crippen LogP contribution in [0.5, 0.6) is 0 Å². The summed E-state index contributed by atoms with van der Waals surface area (Å²) in [6, 6.07) is 2.20. The molecule has 0 radical (unpaired) electrons. The zero-order valence-corrected chi connectivity index (χ0v) is 16.1. The molecule has 4 heteroatoms. The molecule has 0 aromatic heterocycles. The summed E-state index contributed by atoms with van der Waals surface area (Å²) in [6.07, 6.45) is 9.81. The Morgan fingerprint density at radius 2 is 1.92 bits per heavy atom. The Hall–Kier alpha value is -1.15. The van der Waals surface area contributed by atoms with Gasteiger partial charge in [0.2, 0.25) is 0 Å². The predicted molar refractivity (Wildman–Crippen MR) is 99.1 cm³/mol. The van der Waals surface area contributed by atoms with E-state index in [2.05, 4.69) is 19.1 Å². The summed E-state index contributed by atoms with van der Waals surface area (Å²) in [5.74, 6) is 0.662. The van der Waals surface area contributed by atoms with Crippen LogP contribution in [0.3, 0.4) is 0 Å². The molecule has 1 spiro atoms. The number of aliphatic hydroxyl groups is 1. The van der Waals surface area contributed by atoms with Gasteiger partial charge < -0.3 is 14.6 Å². The minimum absolute atomic E-state index is 0.0339.